The van der Waals surface area contributed by atoms with Crippen LogP contribution in [0.4, 0.5) is 11.4 Å². The van der Waals surface area contributed by atoms with E-state index in [1.54, 1.807) is 31.6 Å². The molecule has 0 aliphatic heterocycles. The Morgan fingerprint density at radius 2 is 1.84 bits per heavy atom. The molecular formula is C19H18N4O2. The summed E-state index contributed by atoms with van der Waals surface area (Å²) >= 11 is 0. The number of benzene rings is 1. The maximum Gasteiger partial charge on any atom is 0.270 e. The van der Waals surface area contributed by atoms with Crippen LogP contribution in [0.2, 0.25) is 0 Å². The van der Waals surface area contributed by atoms with Crippen LogP contribution in [0.3, 0.4) is 0 Å². The van der Waals surface area contributed by atoms with Gasteiger partial charge in [0.05, 0.1) is 19.3 Å². The molecule has 0 saturated heterocycles. The lowest BCUT2D eigenvalue weighted by molar-refractivity contribution is 0.0945. The normalized spacial score (nSPS) is 10.1. The average molecular weight is 334 g/mol. The summed E-state index contributed by atoms with van der Waals surface area (Å²) in [6.07, 6.45) is 3.29. The third-order valence-electron chi connectivity index (χ3n) is 3.53. The van der Waals surface area contributed by atoms with Crippen LogP contribution in [0.25, 0.3) is 0 Å². The van der Waals surface area contributed by atoms with E-state index in [-0.39, 0.29) is 5.91 Å². The van der Waals surface area contributed by atoms with Crippen LogP contribution in [-0.2, 0) is 6.54 Å². The molecule has 0 radical (unpaired) electrons. The summed E-state index contributed by atoms with van der Waals surface area (Å²) in [4.78, 5) is 20.6. The summed E-state index contributed by atoms with van der Waals surface area (Å²) < 4.78 is 5.14. The molecule has 3 aromatic rings. The molecule has 2 aromatic heterocycles. The van der Waals surface area contributed by atoms with Gasteiger partial charge in [0.25, 0.3) is 5.91 Å². The van der Waals surface area contributed by atoms with Crippen molar-refractivity contribution in [2.75, 3.05) is 12.4 Å². The molecule has 6 nitrogen and oxygen atoms in total. The Labute approximate surface area is 145 Å². The van der Waals surface area contributed by atoms with Gasteiger partial charge in [-0.1, -0.05) is 6.07 Å². The van der Waals surface area contributed by atoms with Gasteiger partial charge in [0.15, 0.2) is 0 Å². The molecule has 3 rings (SSSR count). The van der Waals surface area contributed by atoms with Gasteiger partial charge in [-0.25, -0.2) is 0 Å². The number of aromatic nitrogens is 2. The first kappa shape index (κ1) is 16.4. The summed E-state index contributed by atoms with van der Waals surface area (Å²) in [7, 11) is 1.63. The minimum Gasteiger partial charge on any atom is -0.497 e. The highest BCUT2D eigenvalue weighted by Crippen LogP contribution is 2.20. The number of amides is 1. The number of rotatable bonds is 6. The zero-order valence-electron chi connectivity index (χ0n) is 13.8. The van der Waals surface area contributed by atoms with Gasteiger partial charge in [-0.15, -0.1) is 0 Å². The number of pyridine rings is 2. The summed E-state index contributed by atoms with van der Waals surface area (Å²) in [5, 5.41) is 6.05. The number of nitrogens with zero attached hydrogens (tertiary/aromatic N) is 2. The second-order valence-corrected chi connectivity index (χ2v) is 5.29. The number of nitrogens with one attached hydrogen (secondary N) is 2. The molecular weight excluding hydrogens is 316 g/mol. The van der Waals surface area contributed by atoms with Crippen LogP contribution in [0.15, 0.2) is 67.0 Å². The number of hydrogen-bond donors (Lipinski definition) is 2. The molecule has 2 N–H and O–H groups in total. The monoisotopic (exact) mass is 334 g/mol. The van der Waals surface area contributed by atoms with Crippen LogP contribution in [-0.4, -0.2) is 23.0 Å². The Hall–Kier alpha value is -3.41. The fourth-order valence-electron chi connectivity index (χ4n) is 2.24. The first-order chi connectivity index (χ1) is 12.2. The van der Waals surface area contributed by atoms with Gasteiger partial charge in [-0.2, -0.15) is 0 Å². The van der Waals surface area contributed by atoms with Gasteiger partial charge in [-0.3, -0.25) is 14.8 Å². The van der Waals surface area contributed by atoms with E-state index in [2.05, 4.69) is 20.6 Å². The van der Waals surface area contributed by atoms with Gasteiger partial charge < -0.3 is 15.4 Å². The van der Waals surface area contributed by atoms with Crippen molar-refractivity contribution in [2.45, 2.75) is 6.54 Å². The molecule has 126 valence electrons. The SMILES string of the molecule is COc1ccc(Nc2ccnc(C(=O)NCc3ccccn3)c2)cc1. The molecule has 1 amide bonds. The van der Waals surface area contributed by atoms with Crippen LogP contribution in [0, 0.1) is 0 Å². The Kier molecular flexibility index (Phi) is 5.21. The minimum absolute atomic E-state index is 0.246. The second-order valence-electron chi connectivity index (χ2n) is 5.29. The minimum atomic E-state index is -0.246. The quantitative estimate of drug-likeness (QED) is 0.724. The number of carbonyl (C=O) groups excluding carboxylic acids is 1. The van der Waals surface area contributed by atoms with Gasteiger partial charge in [0.2, 0.25) is 0 Å². The smallest absolute Gasteiger partial charge is 0.270 e. The molecule has 0 aliphatic rings. The topological polar surface area (TPSA) is 76.1 Å². The largest absolute Gasteiger partial charge is 0.497 e. The fourth-order valence-corrected chi connectivity index (χ4v) is 2.24. The Morgan fingerprint density at radius 1 is 1.00 bits per heavy atom. The molecule has 0 aliphatic carbocycles. The summed E-state index contributed by atoms with van der Waals surface area (Å²) in [5.41, 5.74) is 2.81. The van der Waals surface area contributed by atoms with Crippen molar-refractivity contribution in [3.63, 3.8) is 0 Å². The molecule has 25 heavy (non-hydrogen) atoms. The van der Waals surface area contributed by atoms with E-state index in [0.717, 1.165) is 22.8 Å². The maximum atomic E-state index is 12.3. The summed E-state index contributed by atoms with van der Waals surface area (Å²) in [6, 6.07) is 16.6. The van der Waals surface area contributed by atoms with E-state index in [0.29, 0.717) is 12.2 Å². The molecule has 2 heterocycles. The predicted octanol–water partition coefficient (Wildman–Crippen LogP) is 3.16. The van der Waals surface area contributed by atoms with Crippen molar-refractivity contribution in [2.24, 2.45) is 0 Å². The Bertz CT molecular complexity index is 836. The highest BCUT2D eigenvalue weighted by atomic mass is 16.5. The number of carbonyl (C=O) groups is 1. The van der Waals surface area contributed by atoms with Crippen molar-refractivity contribution >= 4 is 17.3 Å². The molecule has 0 bridgehead atoms. The molecule has 0 saturated carbocycles. The van der Waals surface area contributed by atoms with Crippen LogP contribution in [0.1, 0.15) is 16.2 Å². The predicted molar refractivity (Wildman–Crippen MR) is 95.9 cm³/mol. The lowest BCUT2D eigenvalue weighted by atomic mass is 10.2. The van der Waals surface area contributed by atoms with E-state index in [1.165, 1.54) is 0 Å². The third-order valence-corrected chi connectivity index (χ3v) is 3.53. The molecule has 0 spiro atoms. The second kappa shape index (κ2) is 7.92. The zero-order valence-corrected chi connectivity index (χ0v) is 13.8. The zero-order chi connectivity index (χ0) is 17.5. The number of anilines is 2. The van der Waals surface area contributed by atoms with E-state index >= 15 is 0 Å². The number of methoxy groups -OCH3 is 1. The number of ether oxygens (including phenoxy) is 1. The standard InChI is InChI=1S/C19H18N4O2/c1-25-17-7-5-14(6-8-17)23-15-9-11-21-18(12-15)19(24)22-13-16-4-2-3-10-20-16/h2-12H,13H2,1H3,(H,21,23)(H,22,24). The highest BCUT2D eigenvalue weighted by Gasteiger charge is 2.08. The van der Waals surface area contributed by atoms with Crippen molar-refractivity contribution in [3.05, 3.63) is 78.4 Å². The van der Waals surface area contributed by atoms with Gasteiger partial charge in [-0.05, 0) is 48.5 Å². The summed E-state index contributed by atoms with van der Waals surface area (Å²) in [6.45, 7) is 0.359. The van der Waals surface area contributed by atoms with E-state index in [9.17, 15) is 4.79 Å². The lowest BCUT2D eigenvalue weighted by Gasteiger charge is -2.09. The van der Waals surface area contributed by atoms with Crippen molar-refractivity contribution in [1.82, 2.24) is 15.3 Å². The van der Waals surface area contributed by atoms with E-state index in [4.69, 9.17) is 4.74 Å². The average Bonchev–Trinajstić information content (AvgIpc) is 2.68. The molecule has 6 heteroatoms. The van der Waals surface area contributed by atoms with Gasteiger partial charge >= 0.3 is 0 Å². The molecule has 0 atom stereocenters. The van der Waals surface area contributed by atoms with E-state index < -0.39 is 0 Å². The lowest BCUT2D eigenvalue weighted by Crippen LogP contribution is -2.24. The van der Waals surface area contributed by atoms with Crippen molar-refractivity contribution < 1.29 is 9.53 Å². The summed E-state index contributed by atoms with van der Waals surface area (Å²) in [5.74, 6) is 0.541. The van der Waals surface area contributed by atoms with Crippen LogP contribution < -0.4 is 15.4 Å². The van der Waals surface area contributed by atoms with Gasteiger partial charge in [0, 0.05) is 23.8 Å². The third kappa shape index (κ3) is 4.54. The first-order valence-corrected chi connectivity index (χ1v) is 7.80. The highest BCUT2D eigenvalue weighted by molar-refractivity contribution is 5.93. The maximum absolute atomic E-state index is 12.3. The van der Waals surface area contributed by atoms with Crippen LogP contribution >= 0.6 is 0 Å². The fraction of sp³-hybridized carbons (Fsp3) is 0.105. The van der Waals surface area contributed by atoms with Crippen molar-refractivity contribution in [1.29, 1.82) is 0 Å². The van der Waals surface area contributed by atoms with E-state index in [1.807, 2.05) is 42.5 Å². The van der Waals surface area contributed by atoms with Crippen molar-refractivity contribution in [3.8, 4) is 5.75 Å². The van der Waals surface area contributed by atoms with Gasteiger partial charge in [0.1, 0.15) is 11.4 Å². The Balaban J connectivity index is 1.64. The van der Waals surface area contributed by atoms with Crippen LogP contribution in [0.5, 0.6) is 5.75 Å². The molecule has 1 aromatic carbocycles. The first-order valence-electron chi connectivity index (χ1n) is 7.80. The number of hydrogen-bond acceptors (Lipinski definition) is 5. The Morgan fingerprint density at radius 3 is 2.56 bits per heavy atom. The molecule has 0 unspecified atom stereocenters. The molecule has 0 fully saturated rings.